The van der Waals surface area contributed by atoms with Gasteiger partial charge in [-0.15, -0.1) is 0 Å². The first-order chi connectivity index (χ1) is 21.1. The van der Waals surface area contributed by atoms with Crippen LogP contribution in [-0.2, 0) is 14.8 Å². The second kappa shape index (κ2) is 12.3. The van der Waals surface area contributed by atoms with Crippen LogP contribution in [0.1, 0.15) is 62.5 Å². The van der Waals surface area contributed by atoms with Gasteiger partial charge in [0.05, 0.1) is 29.7 Å². The van der Waals surface area contributed by atoms with Crippen molar-refractivity contribution in [2.24, 2.45) is 5.92 Å². The molecule has 0 radical (unpaired) electrons. The molecule has 0 aliphatic carbocycles. The van der Waals surface area contributed by atoms with Gasteiger partial charge >= 0.3 is 6.09 Å². The van der Waals surface area contributed by atoms with E-state index in [1.54, 1.807) is 21.9 Å². The Balaban J connectivity index is 1.69. The SMILES string of the molecule is Cc1cccc(C)c1-c1cc2nc(n1)NS(=O)(=O)c1cccc(c1)C(=O)N1C[C@@H](CN(C(=O)OC(C)(C)C)C[C@H]1CC(C)C)O2. The second-order valence-electron chi connectivity index (χ2n) is 13.2. The van der Waals surface area contributed by atoms with E-state index in [0.717, 1.165) is 16.7 Å². The molecule has 0 unspecified atom stereocenters. The van der Waals surface area contributed by atoms with Crippen LogP contribution in [0.2, 0.25) is 0 Å². The minimum Gasteiger partial charge on any atom is -0.470 e. The number of benzene rings is 2. The maximum atomic E-state index is 14.2. The van der Waals surface area contributed by atoms with Gasteiger partial charge in [-0.3, -0.25) is 4.79 Å². The summed E-state index contributed by atoms with van der Waals surface area (Å²) >= 11 is 0. The van der Waals surface area contributed by atoms with Crippen LogP contribution >= 0.6 is 0 Å². The molecule has 1 N–H and O–H groups in total. The lowest BCUT2D eigenvalue weighted by molar-refractivity contribution is 0.0182. The molecule has 1 saturated heterocycles. The van der Waals surface area contributed by atoms with Gasteiger partial charge in [0, 0.05) is 23.7 Å². The third-order valence-corrected chi connectivity index (χ3v) is 9.02. The molecule has 0 saturated carbocycles. The van der Waals surface area contributed by atoms with Gasteiger partial charge in [0.1, 0.15) is 11.7 Å². The number of sulfonamides is 1. The number of nitrogens with zero attached hydrogens (tertiary/aromatic N) is 4. The van der Waals surface area contributed by atoms with E-state index in [1.807, 2.05) is 52.8 Å². The second-order valence-corrected chi connectivity index (χ2v) is 14.9. The molecule has 12 heteroatoms. The van der Waals surface area contributed by atoms with Crippen LogP contribution < -0.4 is 9.46 Å². The maximum absolute atomic E-state index is 14.2. The molecule has 0 spiro atoms. The van der Waals surface area contributed by atoms with E-state index in [1.165, 1.54) is 18.2 Å². The highest BCUT2D eigenvalue weighted by molar-refractivity contribution is 7.92. The van der Waals surface area contributed by atoms with Gasteiger partial charge in [0.15, 0.2) is 0 Å². The number of fused-ring (bicyclic) bond motifs is 6. The largest absolute Gasteiger partial charge is 0.470 e. The zero-order chi connectivity index (χ0) is 32.7. The number of anilines is 1. The molecule has 11 nitrogen and oxygen atoms in total. The van der Waals surface area contributed by atoms with E-state index in [0.29, 0.717) is 12.1 Å². The smallest absolute Gasteiger partial charge is 0.410 e. The zero-order valence-corrected chi connectivity index (χ0v) is 27.6. The Bertz CT molecular complexity index is 1700. The molecule has 2 aliphatic rings. The number of nitrogens with one attached hydrogen (secondary N) is 1. The van der Waals surface area contributed by atoms with Gasteiger partial charge in [0.25, 0.3) is 15.9 Å². The first kappa shape index (κ1) is 32.2. The lowest BCUT2D eigenvalue weighted by Crippen LogP contribution is -2.47. The van der Waals surface area contributed by atoms with Crippen molar-refractivity contribution in [3.8, 4) is 17.1 Å². The Morgan fingerprint density at radius 1 is 1.04 bits per heavy atom. The van der Waals surface area contributed by atoms with Crippen LogP contribution in [0.5, 0.6) is 5.88 Å². The molecule has 3 aromatic rings. The minimum absolute atomic E-state index is 0.0988. The molecule has 5 rings (SSSR count). The number of rotatable bonds is 3. The summed E-state index contributed by atoms with van der Waals surface area (Å²) in [6, 6.07) is 13.0. The van der Waals surface area contributed by atoms with E-state index >= 15 is 0 Å². The number of carbonyl (C=O) groups excluding carboxylic acids is 2. The average molecular weight is 636 g/mol. The normalized spacial score (nSPS) is 19.8. The highest BCUT2D eigenvalue weighted by Gasteiger charge is 2.38. The molecule has 1 fully saturated rings. The number of amides is 2. The Hall–Kier alpha value is -4.19. The summed E-state index contributed by atoms with van der Waals surface area (Å²) in [6.07, 6.45) is -0.617. The van der Waals surface area contributed by atoms with E-state index in [2.05, 4.69) is 28.5 Å². The van der Waals surface area contributed by atoms with Gasteiger partial charge in [-0.05, 0) is 76.3 Å². The van der Waals surface area contributed by atoms with Gasteiger partial charge < -0.3 is 19.3 Å². The number of hydrogen-bond donors (Lipinski definition) is 1. The monoisotopic (exact) mass is 635 g/mol. The number of carbonyl (C=O) groups is 2. The Labute approximate surface area is 265 Å². The van der Waals surface area contributed by atoms with E-state index in [9.17, 15) is 18.0 Å². The highest BCUT2D eigenvalue weighted by atomic mass is 32.2. The van der Waals surface area contributed by atoms with Crippen molar-refractivity contribution in [3.05, 3.63) is 65.2 Å². The van der Waals surface area contributed by atoms with Crippen molar-refractivity contribution < 1.29 is 27.5 Å². The third-order valence-electron chi connectivity index (χ3n) is 7.70. The van der Waals surface area contributed by atoms with Crippen molar-refractivity contribution in [2.75, 3.05) is 24.4 Å². The molecule has 2 aliphatic heterocycles. The van der Waals surface area contributed by atoms with Gasteiger partial charge in [-0.1, -0.05) is 38.1 Å². The van der Waals surface area contributed by atoms with Gasteiger partial charge in [-0.25, -0.2) is 22.9 Å². The highest BCUT2D eigenvalue weighted by Crippen LogP contribution is 2.31. The molecule has 6 bridgehead atoms. The Morgan fingerprint density at radius 2 is 1.73 bits per heavy atom. The van der Waals surface area contributed by atoms with Crippen LogP contribution in [0.3, 0.4) is 0 Å². The number of hydrogen-bond acceptors (Lipinski definition) is 8. The van der Waals surface area contributed by atoms with Crippen LogP contribution in [0.4, 0.5) is 10.7 Å². The summed E-state index contributed by atoms with van der Waals surface area (Å²) < 4.78 is 41.9. The average Bonchev–Trinajstić information content (AvgIpc) is 3.10. The number of aryl methyl sites for hydroxylation is 2. The van der Waals surface area contributed by atoms with E-state index < -0.39 is 27.8 Å². The van der Waals surface area contributed by atoms with Crippen LogP contribution in [-0.4, -0.2) is 77.6 Å². The summed E-state index contributed by atoms with van der Waals surface area (Å²) in [5.41, 5.74) is 2.66. The maximum Gasteiger partial charge on any atom is 0.410 e. The van der Waals surface area contributed by atoms with Crippen LogP contribution in [0, 0.1) is 19.8 Å². The zero-order valence-electron chi connectivity index (χ0n) is 26.8. The fraction of sp³-hybridized carbons (Fsp3) is 0.455. The summed E-state index contributed by atoms with van der Waals surface area (Å²) in [5, 5.41) is 0. The predicted molar refractivity (Wildman–Crippen MR) is 171 cm³/mol. The fourth-order valence-electron chi connectivity index (χ4n) is 5.83. The molecule has 1 aromatic heterocycles. The van der Waals surface area contributed by atoms with Gasteiger partial charge in [0.2, 0.25) is 11.8 Å². The third kappa shape index (κ3) is 7.38. The van der Waals surface area contributed by atoms with Crippen molar-refractivity contribution in [1.29, 1.82) is 0 Å². The minimum atomic E-state index is -4.17. The van der Waals surface area contributed by atoms with E-state index in [-0.39, 0.29) is 59.8 Å². The lowest BCUT2D eigenvalue weighted by Gasteiger charge is -2.33. The molecule has 3 heterocycles. The van der Waals surface area contributed by atoms with Crippen LogP contribution in [0.25, 0.3) is 11.3 Å². The predicted octanol–water partition coefficient (Wildman–Crippen LogP) is 5.43. The molecule has 45 heavy (non-hydrogen) atoms. The summed E-state index contributed by atoms with van der Waals surface area (Å²) in [7, 11) is -4.17. The van der Waals surface area contributed by atoms with Crippen molar-refractivity contribution in [3.63, 3.8) is 0 Å². The molecule has 2 aromatic carbocycles. The van der Waals surface area contributed by atoms with Crippen LogP contribution in [0.15, 0.2) is 53.4 Å². The first-order valence-electron chi connectivity index (χ1n) is 15.1. The topological polar surface area (TPSA) is 131 Å². The number of aromatic nitrogens is 2. The molecule has 2 atom stereocenters. The van der Waals surface area contributed by atoms with Gasteiger partial charge in [-0.2, -0.15) is 4.98 Å². The molecule has 240 valence electrons. The Kier molecular flexibility index (Phi) is 8.81. The fourth-order valence-corrected chi connectivity index (χ4v) is 6.82. The standard InChI is InChI=1S/C33H41N5O6S/c1-20(2)14-24-17-37(32(40)44-33(5,6)7)18-25-19-38(24)30(39)23-12-9-13-26(15-23)45(41,42)36-31-34-27(16-28(35-31)43-25)29-21(3)10-8-11-22(29)4/h8-13,15-16,20,24-25H,14,17-19H2,1-7H3,(H,34,35,36)/t24-,25-/m1/s1. The summed E-state index contributed by atoms with van der Waals surface area (Å²) in [4.78, 5) is 39.9. The first-order valence-corrected chi connectivity index (χ1v) is 16.6. The molecular weight excluding hydrogens is 594 g/mol. The molecular formula is C33H41N5O6S. The van der Waals surface area contributed by atoms with Crippen molar-refractivity contribution in [2.45, 2.75) is 77.5 Å². The summed E-state index contributed by atoms with van der Waals surface area (Å²) in [5.74, 6) is -0.223. The Morgan fingerprint density at radius 3 is 2.40 bits per heavy atom. The summed E-state index contributed by atoms with van der Waals surface area (Å²) in [6.45, 7) is 13.9. The van der Waals surface area contributed by atoms with E-state index in [4.69, 9.17) is 9.47 Å². The number of ether oxygens (including phenoxy) is 2. The van der Waals surface area contributed by atoms with Crippen molar-refractivity contribution >= 4 is 28.0 Å². The quantitative estimate of drug-likeness (QED) is 0.403. The van der Waals surface area contributed by atoms with Crippen molar-refractivity contribution in [1.82, 2.24) is 19.8 Å². The lowest BCUT2D eigenvalue weighted by atomic mass is 10.00. The molecule has 2 amide bonds.